The fourth-order valence-corrected chi connectivity index (χ4v) is 4.59. The number of likely N-dealkylation sites (tertiary alicyclic amines) is 1. The molecule has 2 fully saturated rings. The van der Waals surface area contributed by atoms with Crippen molar-refractivity contribution in [3.63, 3.8) is 0 Å². The second-order valence-corrected chi connectivity index (χ2v) is 10.7. The first-order chi connectivity index (χ1) is 17.4. The lowest BCUT2D eigenvalue weighted by Gasteiger charge is -2.30. The van der Waals surface area contributed by atoms with Gasteiger partial charge in [-0.05, 0) is 53.4 Å². The first kappa shape index (κ1) is 30.3. The molecule has 0 spiro atoms. The van der Waals surface area contributed by atoms with Crippen molar-refractivity contribution in [2.75, 3.05) is 13.2 Å². The molecule has 3 N–H and O–H groups in total. The van der Waals surface area contributed by atoms with Crippen LogP contribution in [0.1, 0.15) is 72.6 Å². The van der Waals surface area contributed by atoms with E-state index in [1.54, 1.807) is 33.8 Å². The summed E-state index contributed by atoms with van der Waals surface area (Å²) in [6, 6.07) is -1.93. The van der Waals surface area contributed by atoms with Gasteiger partial charge in [0.05, 0.1) is 12.7 Å². The molecule has 5 atom stereocenters. The van der Waals surface area contributed by atoms with E-state index in [2.05, 4.69) is 23.8 Å². The number of hydrogen-bond acceptors (Lipinski definition) is 7. The normalized spacial score (nSPS) is 25.5. The average molecular weight is 522 g/mol. The molecule has 0 aromatic carbocycles. The van der Waals surface area contributed by atoms with Gasteiger partial charge in [0, 0.05) is 18.9 Å². The lowest BCUT2D eigenvalue weighted by atomic mass is 10.0. The molecule has 3 amide bonds. The van der Waals surface area contributed by atoms with Gasteiger partial charge in [-0.3, -0.25) is 9.59 Å². The number of amides is 3. The van der Waals surface area contributed by atoms with Crippen LogP contribution >= 0.6 is 0 Å². The highest BCUT2D eigenvalue weighted by Crippen LogP contribution is 2.45. The minimum absolute atomic E-state index is 0.0216. The van der Waals surface area contributed by atoms with E-state index in [1.165, 1.54) is 4.90 Å². The third-order valence-electron chi connectivity index (χ3n) is 6.54. The van der Waals surface area contributed by atoms with Crippen molar-refractivity contribution in [2.45, 2.75) is 102 Å². The molecule has 5 unspecified atom stereocenters. The number of hydrogen-bond donors (Lipinski definition) is 3. The number of aliphatic hydroxyl groups excluding tert-OH is 1. The number of carbonyl (C=O) groups excluding carboxylic acids is 4. The minimum Gasteiger partial charge on any atom is -0.464 e. The Balaban J connectivity index is 2.17. The van der Waals surface area contributed by atoms with Crippen molar-refractivity contribution in [2.24, 2.45) is 5.92 Å². The zero-order valence-electron chi connectivity index (χ0n) is 22.6. The molecule has 0 aromatic heterocycles. The molecular weight excluding hydrogens is 478 g/mol. The van der Waals surface area contributed by atoms with Crippen molar-refractivity contribution >= 4 is 23.9 Å². The number of nitrogens with one attached hydrogen (secondary N) is 2. The topological polar surface area (TPSA) is 134 Å². The molecule has 1 aliphatic heterocycles. The Kier molecular flexibility index (Phi) is 10.7. The summed E-state index contributed by atoms with van der Waals surface area (Å²) >= 11 is 0. The van der Waals surface area contributed by atoms with Gasteiger partial charge in [0.1, 0.15) is 23.2 Å². The molecule has 2 rings (SSSR count). The lowest BCUT2D eigenvalue weighted by molar-refractivity contribution is -0.150. The molecular formula is C27H43N3O7. The minimum atomic E-state index is -1.21. The number of unbranched alkanes of at least 4 members (excludes halogenated alkanes) is 3. The van der Waals surface area contributed by atoms with Gasteiger partial charge >= 0.3 is 12.1 Å². The van der Waals surface area contributed by atoms with Gasteiger partial charge < -0.3 is 30.1 Å². The van der Waals surface area contributed by atoms with Gasteiger partial charge in [-0.1, -0.05) is 25.0 Å². The lowest BCUT2D eigenvalue weighted by Crippen LogP contribution is -2.56. The van der Waals surface area contributed by atoms with Gasteiger partial charge in [-0.25, -0.2) is 9.59 Å². The SMILES string of the molecule is C=CCCCCCC(NC(=O)OC(C)(C)C)C(=O)N1CC(O)CC1C(=O)NC1(C(=O)OCC)CC1C=C. The first-order valence-corrected chi connectivity index (χ1v) is 13.1. The zero-order chi connectivity index (χ0) is 27.8. The van der Waals surface area contributed by atoms with E-state index >= 15 is 0 Å². The highest BCUT2D eigenvalue weighted by Gasteiger charge is 2.62. The van der Waals surface area contributed by atoms with Crippen LogP contribution in [0.15, 0.2) is 25.3 Å². The predicted molar refractivity (Wildman–Crippen MR) is 138 cm³/mol. The van der Waals surface area contributed by atoms with E-state index in [9.17, 15) is 24.3 Å². The number of β-amino-alcohol motifs (C(OH)–C–C–N with tert-alkyl or cyclic N) is 1. The number of allylic oxidation sites excluding steroid dienone is 1. The van der Waals surface area contributed by atoms with Crippen LogP contribution in [-0.2, 0) is 23.9 Å². The fourth-order valence-electron chi connectivity index (χ4n) is 4.59. The summed E-state index contributed by atoms with van der Waals surface area (Å²) in [5, 5.41) is 15.8. The fraction of sp³-hybridized carbons (Fsp3) is 0.704. The number of alkyl carbamates (subject to hydrolysis) is 1. The zero-order valence-corrected chi connectivity index (χ0v) is 22.6. The highest BCUT2D eigenvalue weighted by atomic mass is 16.6. The molecule has 2 aliphatic rings. The van der Waals surface area contributed by atoms with E-state index in [0.29, 0.717) is 19.3 Å². The van der Waals surface area contributed by atoms with Gasteiger partial charge in [-0.15, -0.1) is 13.2 Å². The van der Waals surface area contributed by atoms with E-state index in [-0.39, 0.29) is 25.5 Å². The summed E-state index contributed by atoms with van der Waals surface area (Å²) in [4.78, 5) is 53.3. The van der Waals surface area contributed by atoms with Crippen molar-refractivity contribution in [1.29, 1.82) is 0 Å². The molecule has 0 aromatic rings. The number of aliphatic hydroxyl groups is 1. The third-order valence-corrected chi connectivity index (χ3v) is 6.54. The van der Waals surface area contributed by atoms with E-state index < -0.39 is 53.2 Å². The van der Waals surface area contributed by atoms with Crippen LogP contribution in [0.4, 0.5) is 4.79 Å². The van der Waals surface area contributed by atoms with Crippen molar-refractivity contribution in [1.82, 2.24) is 15.5 Å². The number of carbonyl (C=O) groups is 4. The van der Waals surface area contributed by atoms with E-state index in [0.717, 1.165) is 19.3 Å². The summed E-state index contributed by atoms with van der Waals surface area (Å²) in [6.45, 7) is 14.4. The predicted octanol–water partition coefficient (Wildman–Crippen LogP) is 2.60. The maximum absolute atomic E-state index is 13.6. The standard InChI is InChI=1S/C27H43N3O7/c1-7-10-11-12-13-14-20(28-25(35)37-26(4,5)6)23(33)30-17-19(31)15-21(30)22(32)29-27(16-18(27)8-2)24(34)36-9-3/h7-8,18-21,31H,1-2,9-17H2,3-6H3,(H,28,35)(H,29,32). The Morgan fingerprint density at radius 3 is 2.46 bits per heavy atom. The Hall–Kier alpha value is -2.88. The van der Waals surface area contributed by atoms with Crippen LogP contribution < -0.4 is 10.6 Å². The highest BCUT2D eigenvalue weighted by molar-refractivity contribution is 5.96. The summed E-state index contributed by atoms with van der Waals surface area (Å²) in [7, 11) is 0. The van der Waals surface area contributed by atoms with Gasteiger partial charge in [0.15, 0.2) is 0 Å². The number of esters is 1. The largest absolute Gasteiger partial charge is 0.464 e. The van der Waals surface area contributed by atoms with Crippen LogP contribution in [-0.4, -0.2) is 76.4 Å². The van der Waals surface area contributed by atoms with Crippen LogP contribution in [0.5, 0.6) is 0 Å². The van der Waals surface area contributed by atoms with E-state index in [4.69, 9.17) is 9.47 Å². The Morgan fingerprint density at radius 2 is 1.89 bits per heavy atom. The molecule has 0 bridgehead atoms. The van der Waals surface area contributed by atoms with Crippen molar-refractivity contribution in [3.8, 4) is 0 Å². The second-order valence-electron chi connectivity index (χ2n) is 10.7. The summed E-state index contributed by atoms with van der Waals surface area (Å²) in [5.41, 5.74) is -1.96. The summed E-state index contributed by atoms with van der Waals surface area (Å²) < 4.78 is 10.5. The molecule has 1 saturated carbocycles. The molecule has 1 heterocycles. The van der Waals surface area contributed by atoms with Crippen molar-refractivity contribution < 1.29 is 33.8 Å². The molecule has 10 nitrogen and oxygen atoms in total. The Labute approximate surface area is 219 Å². The van der Waals surface area contributed by atoms with Crippen LogP contribution in [0.25, 0.3) is 0 Å². The third kappa shape index (κ3) is 8.31. The molecule has 37 heavy (non-hydrogen) atoms. The maximum atomic E-state index is 13.6. The van der Waals surface area contributed by atoms with Gasteiger partial charge in [0.25, 0.3) is 0 Å². The molecule has 0 radical (unpaired) electrons. The van der Waals surface area contributed by atoms with Crippen LogP contribution in [0.2, 0.25) is 0 Å². The smallest absolute Gasteiger partial charge is 0.408 e. The molecule has 10 heteroatoms. The number of rotatable bonds is 13. The molecule has 208 valence electrons. The molecule has 1 saturated heterocycles. The number of nitrogens with zero attached hydrogens (tertiary/aromatic N) is 1. The average Bonchev–Trinajstić information content (AvgIpc) is 3.39. The Morgan fingerprint density at radius 1 is 1.19 bits per heavy atom. The summed E-state index contributed by atoms with van der Waals surface area (Å²) in [6.07, 6.45) is 5.77. The number of ether oxygens (including phenoxy) is 2. The maximum Gasteiger partial charge on any atom is 0.408 e. The van der Waals surface area contributed by atoms with Crippen LogP contribution in [0.3, 0.4) is 0 Å². The monoisotopic (exact) mass is 521 g/mol. The van der Waals surface area contributed by atoms with Gasteiger partial charge in [-0.2, -0.15) is 0 Å². The quantitative estimate of drug-likeness (QED) is 0.193. The van der Waals surface area contributed by atoms with Crippen molar-refractivity contribution in [3.05, 3.63) is 25.3 Å². The van der Waals surface area contributed by atoms with E-state index in [1.807, 2.05) is 6.08 Å². The summed E-state index contributed by atoms with van der Waals surface area (Å²) in [5.74, 6) is -1.85. The molecule has 1 aliphatic carbocycles. The first-order valence-electron chi connectivity index (χ1n) is 13.1. The Bertz CT molecular complexity index is 869. The van der Waals surface area contributed by atoms with Gasteiger partial charge in [0.2, 0.25) is 11.8 Å². The van der Waals surface area contributed by atoms with Crippen LogP contribution in [0, 0.1) is 5.92 Å². The second kappa shape index (κ2) is 13.1.